The predicted octanol–water partition coefficient (Wildman–Crippen LogP) is 0.950. The van der Waals surface area contributed by atoms with Crippen molar-refractivity contribution in [1.82, 2.24) is 4.98 Å². The molecule has 108 valence electrons. The van der Waals surface area contributed by atoms with E-state index in [4.69, 9.17) is 18.6 Å². The van der Waals surface area contributed by atoms with Crippen LogP contribution in [0.25, 0.3) is 0 Å². The van der Waals surface area contributed by atoms with Crippen molar-refractivity contribution in [3.63, 3.8) is 0 Å². The number of nitrogens with zero attached hydrogens (tertiary/aromatic N) is 2. The van der Waals surface area contributed by atoms with Crippen LogP contribution >= 0.6 is 0 Å². The molecule has 1 rings (SSSR count). The number of oxazole rings is 1. The van der Waals surface area contributed by atoms with Gasteiger partial charge in [-0.2, -0.15) is 4.98 Å². The number of carbonyl (C=O) groups excluding carboxylic acids is 1. The van der Waals surface area contributed by atoms with Crippen LogP contribution in [-0.2, 0) is 14.2 Å². The molecule has 0 saturated heterocycles. The van der Waals surface area contributed by atoms with Crippen LogP contribution in [-0.4, -0.2) is 58.1 Å². The van der Waals surface area contributed by atoms with Crippen LogP contribution < -0.4 is 4.90 Å². The molecule has 0 aliphatic heterocycles. The first kappa shape index (κ1) is 15.5. The number of anilines is 1. The van der Waals surface area contributed by atoms with Crippen molar-refractivity contribution in [3.05, 3.63) is 12.0 Å². The number of methoxy groups -OCH3 is 2. The molecule has 0 aromatic carbocycles. The first-order valence-corrected chi connectivity index (χ1v) is 6.08. The second-order valence-electron chi connectivity index (χ2n) is 3.71. The van der Waals surface area contributed by atoms with Crippen LogP contribution in [0.5, 0.6) is 0 Å². The largest absolute Gasteiger partial charge is 0.461 e. The van der Waals surface area contributed by atoms with Gasteiger partial charge in [0, 0.05) is 27.3 Å². The second-order valence-corrected chi connectivity index (χ2v) is 3.71. The highest BCUT2D eigenvalue weighted by molar-refractivity contribution is 5.87. The zero-order chi connectivity index (χ0) is 14.1. The van der Waals surface area contributed by atoms with Gasteiger partial charge in [-0.25, -0.2) is 4.79 Å². The maximum Gasteiger partial charge on any atom is 0.360 e. The first-order chi connectivity index (χ1) is 9.22. The average molecular weight is 272 g/mol. The lowest BCUT2D eigenvalue weighted by molar-refractivity contribution is 0.0519. The van der Waals surface area contributed by atoms with Gasteiger partial charge in [-0.3, -0.25) is 0 Å². The zero-order valence-electron chi connectivity index (χ0n) is 11.5. The lowest BCUT2D eigenvalue weighted by Crippen LogP contribution is -2.31. The van der Waals surface area contributed by atoms with E-state index in [9.17, 15) is 4.79 Å². The van der Waals surface area contributed by atoms with Crippen molar-refractivity contribution in [2.45, 2.75) is 6.92 Å². The molecular weight excluding hydrogens is 252 g/mol. The summed E-state index contributed by atoms with van der Waals surface area (Å²) in [6.07, 6.45) is 1.29. The summed E-state index contributed by atoms with van der Waals surface area (Å²) in [6, 6.07) is 0.358. The van der Waals surface area contributed by atoms with Crippen LogP contribution in [0.15, 0.2) is 10.7 Å². The van der Waals surface area contributed by atoms with Crippen LogP contribution in [0.1, 0.15) is 17.4 Å². The highest BCUT2D eigenvalue weighted by Gasteiger charge is 2.17. The van der Waals surface area contributed by atoms with Gasteiger partial charge in [-0.1, -0.05) is 0 Å². The van der Waals surface area contributed by atoms with Gasteiger partial charge >= 0.3 is 5.97 Å². The van der Waals surface area contributed by atoms with Gasteiger partial charge in [-0.05, 0) is 6.92 Å². The summed E-state index contributed by atoms with van der Waals surface area (Å²) in [6.45, 7) is 4.30. The molecule has 0 fully saturated rings. The Labute approximate surface area is 112 Å². The number of aromatic nitrogens is 1. The maximum atomic E-state index is 11.5. The molecule has 7 nitrogen and oxygen atoms in total. The average Bonchev–Trinajstić information content (AvgIpc) is 2.89. The number of hydrogen-bond donors (Lipinski definition) is 0. The Bertz CT molecular complexity index is 372. The Morgan fingerprint density at radius 2 is 1.95 bits per heavy atom. The molecule has 0 atom stereocenters. The molecule has 19 heavy (non-hydrogen) atoms. The molecule has 0 aliphatic rings. The fourth-order valence-electron chi connectivity index (χ4n) is 1.41. The predicted molar refractivity (Wildman–Crippen MR) is 68.4 cm³/mol. The smallest absolute Gasteiger partial charge is 0.360 e. The molecular formula is C12H20N2O5. The van der Waals surface area contributed by atoms with Crippen LogP contribution in [0.4, 0.5) is 6.01 Å². The molecule has 0 spiro atoms. The summed E-state index contributed by atoms with van der Waals surface area (Å²) < 4.78 is 20.2. The van der Waals surface area contributed by atoms with E-state index in [2.05, 4.69) is 4.98 Å². The Morgan fingerprint density at radius 1 is 1.32 bits per heavy atom. The third kappa shape index (κ3) is 4.88. The molecule has 1 heterocycles. The van der Waals surface area contributed by atoms with Gasteiger partial charge in [0.15, 0.2) is 5.69 Å². The summed E-state index contributed by atoms with van der Waals surface area (Å²) >= 11 is 0. The number of hydrogen-bond acceptors (Lipinski definition) is 7. The third-order valence-corrected chi connectivity index (χ3v) is 2.38. The molecule has 7 heteroatoms. The number of rotatable bonds is 9. The molecule has 1 aromatic heterocycles. The topological polar surface area (TPSA) is 74.0 Å². The highest BCUT2D eigenvalue weighted by Crippen LogP contribution is 2.14. The van der Waals surface area contributed by atoms with Crippen LogP contribution in [0.3, 0.4) is 0 Å². The summed E-state index contributed by atoms with van der Waals surface area (Å²) in [7, 11) is 3.24. The van der Waals surface area contributed by atoms with Crippen molar-refractivity contribution >= 4 is 12.0 Å². The Kier molecular flexibility index (Phi) is 6.91. The normalized spacial score (nSPS) is 10.5. The molecule has 0 unspecified atom stereocenters. The van der Waals surface area contributed by atoms with Gasteiger partial charge in [0.25, 0.3) is 6.01 Å². The number of carbonyl (C=O) groups is 1. The minimum absolute atomic E-state index is 0.164. The highest BCUT2D eigenvalue weighted by atomic mass is 16.5. The van der Waals surface area contributed by atoms with E-state index in [0.29, 0.717) is 38.9 Å². The van der Waals surface area contributed by atoms with E-state index in [0.717, 1.165) is 0 Å². The molecule has 0 bridgehead atoms. The molecule has 0 amide bonds. The Morgan fingerprint density at radius 3 is 2.47 bits per heavy atom. The van der Waals surface area contributed by atoms with E-state index in [1.54, 1.807) is 21.1 Å². The van der Waals surface area contributed by atoms with E-state index in [-0.39, 0.29) is 5.69 Å². The van der Waals surface area contributed by atoms with E-state index < -0.39 is 5.97 Å². The van der Waals surface area contributed by atoms with Crippen molar-refractivity contribution in [3.8, 4) is 0 Å². The van der Waals surface area contributed by atoms with Gasteiger partial charge in [0.2, 0.25) is 0 Å². The number of ether oxygens (including phenoxy) is 3. The van der Waals surface area contributed by atoms with E-state index >= 15 is 0 Å². The summed E-state index contributed by atoms with van der Waals surface area (Å²) in [5.41, 5.74) is 0.164. The summed E-state index contributed by atoms with van der Waals surface area (Å²) in [4.78, 5) is 17.4. The lowest BCUT2D eigenvalue weighted by atomic mass is 10.5. The summed E-state index contributed by atoms with van der Waals surface area (Å²) in [5.74, 6) is -0.490. The summed E-state index contributed by atoms with van der Waals surface area (Å²) in [5, 5.41) is 0. The van der Waals surface area contributed by atoms with Crippen molar-refractivity contribution in [1.29, 1.82) is 0 Å². The van der Waals surface area contributed by atoms with Gasteiger partial charge < -0.3 is 23.5 Å². The minimum Gasteiger partial charge on any atom is -0.461 e. The molecule has 0 radical (unpaired) electrons. The van der Waals surface area contributed by atoms with E-state index in [1.807, 2.05) is 4.90 Å². The fraction of sp³-hybridized carbons (Fsp3) is 0.667. The van der Waals surface area contributed by atoms with Crippen LogP contribution in [0, 0.1) is 0 Å². The van der Waals surface area contributed by atoms with Gasteiger partial charge in [-0.15, -0.1) is 0 Å². The number of esters is 1. The second kappa shape index (κ2) is 8.49. The van der Waals surface area contributed by atoms with Crippen molar-refractivity contribution in [2.24, 2.45) is 0 Å². The standard InChI is InChI=1S/C12H20N2O5/c1-4-18-11(15)10-9-19-12(13-10)14(5-7-16-2)6-8-17-3/h9H,4-8H2,1-3H3. The van der Waals surface area contributed by atoms with Crippen LogP contribution in [0.2, 0.25) is 0 Å². The maximum absolute atomic E-state index is 11.5. The SMILES string of the molecule is CCOC(=O)c1coc(N(CCOC)CCOC)n1. The van der Waals surface area contributed by atoms with Gasteiger partial charge in [0.1, 0.15) is 6.26 Å². The quantitative estimate of drug-likeness (QED) is 0.619. The lowest BCUT2D eigenvalue weighted by Gasteiger charge is -2.19. The minimum atomic E-state index is -0.490. The third-order valence-electron chi connectivity index (χ3n) is 2.38. The first-order valence-electron chi connectivity index (χ1n) is 6.08. The fourth-order valence-corrected chi connectivity index (χ4v) is 1.41. The molecule has 0 aliphatic carbocycles. The van der Waals surface area contributed by atoms with E-state index in [1.165, 1.54) is 6.26 Å². The molecule has 0 N–H and O–H groups in total. The van der Waals surface area contributed by atoms with Crippen molar-refractivity contribution < 1.29 is 23.4 Å². The van der Waals surface area contributed by atoms with Gasteiger partial charge in [0.05, 0.1) is 19.8 Å². The molecule has 0 saturated carbocycles. The Hall–Kier alpha value is -1.60. The molecule has 1 aromatic rings. The zero-order valence-corrected chi connectivity index (χ0v) is 11.5. The van der Waals surface area contributed by atoms with Crippen molar-refractivity contribution in [2.75, 3.05) is 52.0 Å². The Balaban J connectivity index is 2.69. The monoisotopic (exact) mass is 272 g/mol.